The molecule has 0 heterocycles. The number of nitrogens with one attached hydrogen (secondary N) is 1. The maximum absolute atomic E-state index is 13.1. The minimum absolute atomic E-state index is 0.215. The Morgan fingerprint density at radius 1 is 1.17 bits per heavy atom. The van der Waals surface area contributed by atoms with E-state index in [0.717, 1.165) is 0 Å². The minimum Gasteiger partial charge on any atom is -0.457 e. The van der Waals surface area contributed by atoms with Gasteiger partial charge in [-0.1, -0.05) is 6.07 Å². The molecular weight excluding hydrogens is 299 g/mol. The van der Waals surface area contributed by atoms with E-state index >= 15 is 0 Å². The molecule has 0 saturated heterocycles. The lowest BCUT2D eigenvalue weighted by Crippen LogP contribution is -2.32. The number of benzene rings is 2. The van der Waals surface area contributed by atoms with Crippen molar-refractivity contribution in [2.75, 3.05) is 7.05 Å². The van der Waals surface area contributed by atoms with Crippen LogP contribution in [0.2, 0.25) is 0 Å². The average molecular weight is 312 g/mol. The zero-order chi connectivity index (χ0) is 16.8. The lowest BCUT2D eigenvalue weighted by Gasteiger charge is -2.08. The highest BCUT2D eigenvalue weighted by Gasteiger charge is 2.26. The van der Waals surface area contributed by atoms with Crippen molar-refractivity contribution in [2.45, 2.75) is 0 Å². The van der Waals surface area contributed by atoms with Gasteiger partial charge in [-0.25, -0.2) is 4.39 Å². The van der Waals surface area contributed by atoms with Crippen molar-refractivity contribution >= 4 is 11.7 Å². The Balaban J connectivity index is 2.14. The second kappa shape index (κ2) is 7.18. The zero-order valence-corrected chi connectivity index (χ0v) is 12.2. The van der Waals surface area contributed by atoms with Gasteiger partial charge in [-0.05, 0) is 36.4 Å². The molecule has 0 spiro atoms. The summed E-state index contributed by atoms with van der Waals surface area (Å²) in [6.45, 7) is 0. The van der Waals surface area contributed by atoms with Crippen LogP contribution in [0.25, 0.3) is 0 Å². The SMILES string of the molecule is CNC(=O)C(C#N)C(=O)c1ccc(Oc2cccc(F)c2)cc1. The van der Waals surface area contributed by atoms with Crippen LogP contribution in [0, 0.1) is 23.1 Å². The second-order valence-electron chi connectivity index (χ2n) is 4.62. The minimum atomic E-state index is -1.39. The van der Waals surface area contributed by atoms with Crippen molar-refractivity contribution in [1.82, 2.24) is 5.32 Å². The van der Waals surface area contributed by atoms with E-state index in [1.807, 2.05) is 0 Å². The van der Waals surface area contributed by atoms with Crippen LogP contribution in [0.5, 0.6) is 11.5 Å². The van der Waals surface area contributed by atoms with Gasteiger partial charge in [0.05, 0.1) is 6.07 Å². The maximum atomic E-state index is 13.1. The van der Waals surface area contributed by atoms with Crippen LogP contribution in [0.4, 0.5) is 4.39 Å². The number of ketones is 1. The summed E-state index contributed by atoms with van der Waals surface area (Å²) in [7, 11) is 1.36. The predicted molar refractivity (Wildman–Crippen MR) is 80.4 cm³/mol. The van der Waals surface area contributed by atoms with Crippen molar-refractivity contribution < 1.29 is 18.7 Å². The number of nitrogens with zero attached hydrogens (tertiary/aromatic N) is 1. The third-order valence-corrected chi connectivity index (χ3v) is 3.07. The van der Waals surface area contributed by atoms with E-state index in [1.165, 1.54) is 49.5 Å². The highest BCUT2D eigenvalue weighted by atomic mass is 19.1. The van der Waals surface area contributed by atoms with Crippen LogP contribution in [0.1, 0.15) is 10.4 Å². The Morgan fingerprint density at radius 2 is 1.87 bits per heavy atom. The third kappa shape index (κ3) is 3.92. The molecule has 0 aliphatic carbocycles. The fraction of sp³-hybridized carbons (Fsp3) is 0.118. The Kier molecular flexibility index (Phi) is 5.05. The van der Waals surface area contributed by atoms with E-state index in [0.29, 0.717) is 11.5 Å². The molecule has 1 atom stereocenters. The molecule has 0 radical (unpaired) electrons. The first-order valence-corrected chi connectivity index (χ1v) is 6.74. The lowest BCUT2D eigenvalue weighted by atomic mass is 9.98. The van der Waals surface area contributed by atoms with Gasteiger partial charge in [0.15, 0.2) is 11.7 Å². The molecule has 0 aromatic heterocycles. The first-order valence-electron chi connectivity index (χ1n) is 6.74. The summed E-state index contributed by atoms with van der Waals surface area (Å²) in [5.41, 5.74) is 0.215. The van der Waals surface area contributed by atoms with E-state index in [9.17, 15) is 14.0 Å². The number of halogens is 1. The van der Waals surface area contributed by atoms with Crippen LogP contribution in [0.15, 0.2) is 48.5 Å². The Labute approximate surface area is 132 Å². The van der Waals surface area contributed by atoms with Crippen molar-refractivity contribution in [3.63, 3.8) is 0 Å². The molecule has 0 aliphatic rings. The van der Waals surface area contributed by atoms with Gasteiger partial charge in [0, 0.05) is 18.7 Å². The third-order valence-electron chi connectivity index (χ3n) is 3.07. The van der Waals surface area contributed by atoms with E-state index in [2.05, 4.69) is 5.32 Å². The Hall–Kier alpha value is -3.20. The van der Waals surface area contributed by atoms with Gasteiger partial charge < -0.3 is 10.1 Å². The van der Waals surface area contributed by atoms with Crippen LogP contribution >= 0.6 is 0 Å². The monoisotopic (exact) mass is 312 g/mol. The lowest BCUT2D eigenvalue weighted by molar-refractivity contribution is -0.121. The molecular formula is C17H13FN2O3. The standard InChI is InChI=1S/C17H13FN2O3/c1-20-17(22)15(10-19)16(21)11-5-7-13(8-6-11)23-14-4-2-3-12(18)9-14/h2-9,15H,1H3,(H,20,22). The summed E-state index contributed by atoms with van der Waals surface area (Å²) in [6, 6.07) is 13.2. The summed E-state index contributed by atoms with van der Waals surface area (Å²) in [6.07, 6.45) is 0. The number of hydrogen-bond acceptors (Lipinski definition) is 4. The fourth-order valence-electron chi connectivity index (χ4n) is 1.90. The summed E-state index contributed by atoms with van der Waals surface area (Å²) in [5, 5.41) is 11.2. The number of rotatable bonds is 5. The zero-order valence-electron chi connectivity index (χ0n) is 12.2. The van der Waals surface area contributed by atoms with E-state index < -0.39 is 23.4 Å². The molecule has 116 valence electrons. The van der Waals surface area contributed by atoms with Gasteiger partial charge in [0.2, 0.25) is 5.91 Å². The molecule has 2 aromatic carbocycles. The maximum Gasteiger partial charge on any atom is 0.245 e. The van der Waals surface area contributed by atoms with E-state index in [4.69, 9.17) is 10.00 Å². The van der Waals surface area contributed by atoms with Gasteiger partial charge in [0.25, 0.3) is 0 Å². The van der Waals surface area contributed by atoms with Crippen molar-refractivity contribution in [3.05, 3.63) is 59.9 Å². The number of carbonyl (C=O) groups is 2. The molecule has 0 bridgehead atoms. The number of nitriles is 1. The molecule has 1 N–H and O–H groups in total. The molecule has 0 saturated carbocycles. The number of ether oxygens (including phenoxy) is 1. The highest BCUT2D eigenvalue weighted by Crippen LogP contribution is 2.23. The van der Waals surface area contributed by atoms with Gasteiger partial charge in [-0.2, -0.15) is 5.26 Å². The molecule has 1 amide bonds. The van der Waals surface area contributed by atoms with Gasteiger partial charge in [-0.15, -0.1) is 0 Å². The number of carbonyl (C=O) groups excluding carboxylic acids is 2. The smallest absolute Gasteiger partial charge is 0.245 e. The molecule has 23 heavy (non-hydrogen) atoms. The number of hydrogen-bond donors (Lipinski definition) is 1. The summed E-state index contributed by atoms with van der Waals surface area (Å²) < 4.78 is 18.5. The second-order valence-corrected chi connectivity index (χ2v) is 4.62. The average Bonchev–Trinajstić information content (AvgIpc) is 2.56. The van der Waals surface area contributed by atoms with Gasteiger partial charge in [0.1, 0.15) is 17.3 Å². The summed E-state index contributed by atoms with van der Waals surface area (Å²) in [4.78, 5) is 23.6. The topological polar surface area (TPSA) is 79.2 Å². The van der Waals surface area contributed by atoms with E-state index in [1.54, 1.807) is 12.1 Å². The van der Waals surface area contributed by atoms with Crippen molar-refractivity contribution in [3.8, 4) is 17.6 Å². The van der Waals surface area contributed by atoms with Gasteiger partial charge in [-0.3, -0.25) is 9.59 Å². The number of Topliss-reactive ketones (excluding diaryl/α,β-unsaturated/α-hetero) is 1. The fourth-order valence-corrected chi connectivity index (χ4v) is 1.90. The molecule has 0 aliphatic heterocycles. The summed E-state index contributed by atoms with van der Waals surface area (Å²) in [5.74, 6) is -2.33. The molecule has 5 nitrogen and oxygen atoms in total. The van der Waals surface area contributed by atoms with Crippen molar-refractivity contribution in [2.24, 2.45) is 5.92 Å². The molecule has 6 heteroatoms. The van der Waals surface area contributed by atoms with Crippen LogP contribution in [-0.4, -0.2) is 18.7 Å². The largest absolute Gasteiger partial charge is 0.457 e. The summed E-state index contributed by atoms with van der Waals surface area (Å²) >= 11 is 0. The Bertz CT molecular complexity index is 766. The first-order chi connectivity index (χ1) is 11.0. The normalized spacial score (nSPS) is 11.2. The van der Waals surface area contributed by atoms with Crippen molar-refractivity contribution in [1.29, 1.82) is 5.26 Å². The molecule has 2 rings (SSSR count). The number of amides is 1. The highest BCUT2D eigenvalue weighted by molar-refractivity contribution is 6.12. The van der Waals surface area contributed by atoms with Crippen LogP contribution in [0.3, 0.4) is 0 Å². The van der Waals surface area contributed by atoms with Crippen LogP contribution in [-0.2, 0) is 4.79 Å². The molecule has 0 fully saturated rings. The first kappa shape index (κ1) is 16.2. The van der Waals surface area contributed by atoms with E-state index in [-0.39, 0.29) is 5.56 Å². The van der Waals surface area contributed by atoms with Gasteiger partial charge >= 0.3 is 0 Å². The molecule has 1 unspecified atom stereocenters. The van der Waals surface area contributed by atoms with Crippen LogP contribution < -0.4 is 10.1 Å². The molecule has 2 aromatic rings. The Morgan fingerprint density at radius 3 is 2.43 bits per heavy atom. The quantitative estimate of drug-likeness (QED) is 0.680. The predicted octanol–water partition coefficient (Wildman–Crippen LogP) is 2.69.